The molecule has 0 spiro atoms. The first-order valence-electron chi connectivity index (χ1n) is 12.1. The van der Waals surface area contributed by atoms with Crippen molar-refractivity contribution in [3.05, 3.63) is 132 Å². The van der Waals surface area contributed by atoms with Gasteiger partial charge in [0.15, 0.2) is 0 Å². The van der Waals surface area contributed by atoms with Gasteiger partial charge in [0.05, 0.1) is 19.3 Å². The molecule has 0 aliphatic carbocycles. The average molecular weight is 482 g/mol. The highest BCUT2D eigenvalue weighted by atomic mass is 31.1. The van der Waals surface area contributed by atoms with Gasteiger partial charge in [-0.1, -0.05) is 128 Å². The molecule has 0 aliphatic rings. The van der Waals surface area contributed by atoms with Gasteiger partial charge in [-0.3, -0.25) is 4.79 Å². The maximum atomic E-state index is 13.3. The Kier molecular flexibility index (Phi) is 9.23. The van der Waals surface area contributed by atoms with Crippen molar-refractivity contribution in [3.63, 3.8) is 0 Å². The molecule has 35 heavy (non-hydrogen) atoms. The van der Waals surface area contributed by atoms with E-state index in [4.69, 9.17) is 4.74 Å². The van der Waals surface area contributed by atoms with Crippen LogP contribution >= 0.6 is 7.92 Å². The van der Waals surface area contributed by atoms with Crippen LogP contribution in [0.3, 0.4) is 0 Å². The van der Waals surface area contributed by atoms with Crippen LogP contribution in [0.25, 0.3) is 0 Å². The standard InChI is InChI=1S/C31H32NO2P/c1-25(35(28-18-10-4-11-19-28)29-20-12-5-13-21-29)22-31(33)32-30(27-16-8-3-9-17-27)24-34-23-26-14-6-2-7-15-26/h2-21,25,30H,22-24H2,1H3,(H,32,33)/t25-,30-/m0/s1. The fourth-order valence-corrected chi connectivity index (χ4v) is 6.87. The lowest BCUT2D eigenvalue weighted by Crippen LogP contribution is -2.34. The minimum absolute atomic E-state index is 0.0500. The summed E-state index contributed by atoms with van der Waals surface area (Å²) in [6, 6.07) is 41.1. The van der Waals surface area contributed by atoms with Crippen LogP contribution < -0.4 is 15.9 Å². The lowest BCUT2D eigenvalue weighted by atomic mass is 10.1. The Morgan fingerprint density at radius 3 is 1.77 bits per heavy atom. The van der Waals surface area contributed by atoms with E-state index in [1.165, 1.54) is 10.6 Å². The van der Waals surface area contributed by atoms with Crippen LogP contribution in [0.1, 0.15) is 30.5 Å². The van der Waals surface area contributed by atoms with Gasteiger partial charge in [0.1, 0.15) is 0 Å². The van der Waals surface area contributed by atoms with E-state index in [1.54, 1.807) is 0 Å². The highest BCUT2D eigenvalue weighted by Gasteiger charge is 2.24. The van der Waals surface area contributed by atoms with Crippen molar-refractivity contribution < 1.29 is 9.53 Å². The lowest BCUT2D eigenvalue weighted by Gasteiger charge is -2.26. The first-order valence-corrected chi connectivity index (χ1v) is 13.5. The topological polar surface area (TPSA) is 38.3 Å². The zero-order chi connectivity index (χ0) is 24.3. The third kappa shape index (κ3) is 7.36. The van der Waals surface area contributed by atoms with Crippen molar-refractivity contribution in [2.75, 3.05) is 6.61 Å². The molecule has 0 radical (unpaired) electrons. The zero-order valence-electron chi connectivity index (χ0n) is 20.1. The molecule has 3 nitrogen and oxygen atoms in total. The highest BCUT2D eigenvalue weighted by Crippen LogP contribution is 2.40. The number of ether oxygens (including phenoxy) is 1. The summed E-state index contributed by atoms with van der Waals surface area (Å²) in [7, 11) is -0.657. The van der Waals surface area contributed by atoms with Crippen LogP contribution in [0.4, 0.5) is 0 Å². The fraction of sp³-hybridized carbons (Fsp3) is 0.194. The predicted octanol–water partition coefficient (Wildman–Crippen LogP) is 5.97. The van der Waals surface area contributed by atoms with Gasteiger partial charge >= 0.3 is 0 Å². The van der Waals surface area contributed by atoms with Crippen LogP contribution in [-0.4, -0.2) is 18.2 Å². The van der Waals surface area contributed by atoms with Crippen molar-refractivity contribution in [2.24, 2.45) is 0 Å². The van der Waals surface area contributed by atoms with E-state index in [1.807, 2.05) is 72.8 Å². The van der Waals surface area contributed by atoms with E-state index < -0.39 is 7.92 Å². The van der Waals surface area contributed by atoms with E-state index >= 15 is 0 Å². The summed E-state index contributed by atoms with van der Waals surface area (Å²) in [4.78, 5) is 13.3. The summed E-state index contributed by atoms with van der Waals surface area (Å²) in [5.41, 5.74) is 2.36. The molecule has 4 rings (SSSR count). The largest absolute Gasteiger partial charge is 0.374 e. The average Bonchev–Trinajstić information content (AvgIpc) is 2.90. The molecule has 0 bridgehead atoms. The van der Waals surface area contributed by atoms with E-state index in [-0.39, 0.29) is 17.6 Å². The second-order valence-electron chi connectivity index (χ2n) is 8.63. The van der Waals surface area contributed by atoms with Crippen LogP contribution in [0.15, 0.2) is 121 Å². The van der Waals surface area contributed by atoms with Crippen LogP contribution in [0.2, 0.25) is 0 Å². The molecule has 4 aromatic rings. The highest BCUT2D eigenvalue weighted by molar-refractivity contribution is 7.73. The number of hydrogen-bond acceptors (Lipinski definition) is 2. The smallest absolute Gasteiger partial charge is 0.221 e. The number of carbonyl (C=O) groups excluding carboxylic acids is 1. The molecular formula is C31H32NO2P. The molecule has 4 heteroatoms. The number of hydrogen-bond donors (Lipinski definition) is 1. The molecule has 0 aliphatic heterocycles. The molecule has 2 atom stereocenters. The van der Waals surface area contributed by atoms with Crippen molar-refractivity contribution in [2.45, 2.75) is 31.7 Å². The molecule has 178 valence electrons. The number of carbonyl (C=O) groups is 1. The SMILES string of the molecule is C[C@@H](CC(=O)N[C@@H](COCc1ccccc1)c1ccccc1)P(c1ccccc1)c1ccccc1. The van der Waals surface area contributed by atoms with Crippen LogP contribution in [0.5, 0.6) is 0 Å². The van der Waals surface area contributed by atoms with Gasteiger partial charge in [-0.25, -0.2) is 0 Å². The second kappa shape index (κ2) is 13.0. The van der Waals surface area contributed by atoms with E-state index in [0.717, 1.165) is 11.1 Å². The van der Waals surface area contributed by atoms with Crippen molar-refractivity contribution in [1.29, 1.82) is 0 Å². The molecule has 0 saturated heterocycles. The third-order valence-corrected chi connectivity index (χ3v) is 8.70. The Morgan fingerprint density at radius 2 is 1.23 bits per heavy atom. The molecule has 0 aromatic heterocycles. The molecule has 0 fully saturated rings. The van der Waals surface area contributed by atoms with E-state index in [2.05, 4.69) is 60.8 Å². The second-order valence-corrected chi connectivity index (χ2v) is 11.3. The Bertz CT molecular complexity index is 1110. The van der Waals surface area contributed by atoms with Crippen LogP contribution in [0, 0.1) is 0 Å². The van der Waals surface area contributed by atoms with E-state index in [0.29, 0.717) is 19.6 Å². The Balaban J connectivity index is 1.44. The maximum Gasteiger partial charge on any atom is 0.221 e. The van der Waals surface area contributed by atoms with Crippen LogP contribution in [-0.2, 0) is 16.1 Å². The van der Waals surface area contributed by atoms with E-state index in [9.17, 15) is 4.79 Å². The summed E-state index contributed by atoms with van der Waals surface area (Å²) in [6.07, 6.45) is 0.456. The Hall–Kier alpha value is -3.26. The first-order chi connectivity index (χ1) is 17.2. The van der Waals surface area contributed by atoms with Gasteiger partial charge in [-0.05, 0) is 35.3 Å². The van der Waals surface area contributed by atoms with Crippen molar-refractivity contribution in [1.82, 2.24) is 5.32 Å². The molecule has 4 aromatic carbocycles. The van der Waals surface area contributed by atoms with Crippen molar-refractivity contribution >= 4 is 24.4 Å². The third-order valence-electron chi connectivity index (χ3n) is 5.92. The van der Waals surface area contributed by atoms with Gasteiger partial charge in [0.25, 0.3) is 0 Å². The first kappa shape index (κ1) is 24.9. The predicted molar refractivity (Wildman–Crippen MR) is 147 cm³/mol. The molecule has 0 unspecified atom stereocenters. The molecule has 1 N–H and O–H groups in total. The number of amides is 1. The number of benzene rings is 4. The number of nitrogens with one attached hydrogen (secondary N) is 1. The minimum Gasteiger partial charge on any atom is -0.374 e. The van der Waals surface area contributed by atoms with Crippen molar-refractivity contribution in [3.8, 4) is 0 Å². The Labute approximate surface area is 209 Å². The van der Waals surface area contributed by atoms with Gasteiger partial charge in [-0.15, -0.1) is 0 Å². The maximum absolute atomic E-state index is 13.3. The van der Waals surface area contributed by atoms with Gasteiger partial charge in [0.2, 0.25) is 5.91 Å². The molecule has 0 heterocycles. The molecule has 0 saturated carbocycles. The summed E-state index contributed by atoms with van der Waals surface area (Å²) < 4.78 is 6.02. The summed E-state index contributed by atoms with van der Waals surface area (Å²) in [5, 5.41) is 5.84. The van der Waals surface area contributed by atoms with Gasteiger partial charge in [0, 0.05) is 6.42 Å². The monoisotopic (exact) mass is 481 g/mol. The summed E-state index contributed by atoms with van der Waals surface area (Å²) in [6.45, 7) is 3.13. The Morgan fingerprint density at radius 1 is 0.743 bits per heavy atom. The summed E-state index contributed by atoms with van der Waals surface area (Å²) in [5.74, 6) is 0.0500. The quantitative estimate of drug-likeness (QED) is 0.268. The normalized spacial score (nSPS) is 12.7. The molecular weight excluding hydrogens is 449 g/mol. The number of rotatable bonds is 11. The lowest BCUT2D eigenvalue weighted by molar-refractivity contribution is -0.122. The zero-order valence-corrected chi connectivity index (χ0v) is 21.0. The van der Waals surface area contributed by atoms with Gasteiger partial charge < -0.3 is 10.1 Å². The van der Waals surface area contributed by atoms with Gasteiger partial charge in [-0.2, -0.15) is 0 Å². The fourth-order valence-electron chi connectivity index (χ4n) is 4.22. The molecule has 1 amide bonds. The summed E-state index contributed by atoms with van der Waals surface area (Å²) >= 11 is 0. The minimum atomic E-state index is -0.657.